The molecule has 0 saturated heterocycles. The summed E-state index contributed by atoms with van der Waals surface area (Å²) < 4.78 is 8.51. The van der Waals surface area contributed by atoms with Crippen LogP contribution < -0.4 is 0 Å². The lowest BCUT2D eigenvalue weighted by atomic mass is 10.2. The molecular formula is C9H11N3O3Si3. The summed E-state index contributed by atoms with van der Waals surface area (Å²) in [5, 5.41) is 18.3. The van der Waals surface area contributed by atoms with Gasteiger partial charge in [0.25, 0.3) is 0 Å². The Morgan fingerprint density at radius 2 is 1.72 bits per heavy atom. The molecule has 9 heteroatoms. The molecule has 0 fully saturated rings. The molecule has 0 bridgehead atoms. The van der Waals surface area contributed by atoms with Gasteiger partial charge in [0.05, 0.1) is 12.4 Å². The van der Waals surface area contributed by atoms with Gasteiger partial charge in [-0.25, -0.2) is 0 Å². The number of hydrogen-bond acceptors (Lipinski definition) is 5. The number of aromatic nitrogens is 3. The number of aromatic hydroxyl groups is 1. The van der Waals surface area contributed by atoms with Crippen molar-refractivity contribution in [3.63, 3.8) is 0 Å². The molecule has 92 valence electrons. The first kappa shape index (κ1) is 16.7. The fourth-order valence-electron chi connectivity index (χ4n) is 0.751. The van der Waals surface area contributed by atoms with Gasteiger partial charge in [-0.05, 0) is 18.6 Å². The highest BCUT2D eigenvalue weighted by Crippen LogP contribution is 2.12. The van der Waals surface area contributed by atoms with E-state index in [-0.39, 0.29) is 10.0 Å². The van der Waals surface area contributed by atoms with Crippen LogP contribution >= 0.6 is 0 Å². The predicted molar refractivity (Wildman–Crippen MR) is 68.7 cm³/mol. The molecule has 18 heavy (non-hydrogen) atoms. The van der Waals surface area contributed by atoms with Crippen molar-refractivity contribution < 1.29 is 13.3 Å². The number of phenols is 1. The number of para-hydroxylation sites is 1. The van der Waals surface area contributed by atoms with E-state index in [4.69, 9.17) is 5.11 Å². The van der Waals surface area contributed by atoms with E-state index in [9.17, 15) is 0 Å². The maximum atomic E-state index is 8.92. The molecule has 2 aromatic rings. The van der Waals surface area contributed by atoms with Gasteiger partial charge in [0.2, 0.25) is 21.0 Å². The van der Waals surface area contributed by atoms with Crippen LogP contribution in [0.3, 0.4) is 0 Å². The molecule has 0 saturated carbocycles. The first-order chi connectivity index (χ1) is 8.72. The molecule has 2 rings (SSSR count). The Hall–Kier alpha value is -1.27. The zero-order chi connectivity index (χ0) is 13.6. The fourth-order valence-corrected chi connectivity index (χ4v) is 1.29. The lowest BCUT2D eigenvalue weighted by molar-refractivity contribution is 0.471. The smallest absolute Gasteiger partial charge is 0.409 e. The van der Waals surface area contributed by atoms with E-state index in [0.29, 0.717) is 5.75 Å². The van der Waals surface area contributed by atoms with Gasteiger partial charge in [0.1, 0.15) is 5.75 Å². The van der Waals surface area contributed by atoms with Gasteiger partial charge in [0.15, 0.2) is 0 Å². The Kier molecular flexibility index (Phi) is 11.3. The minimum absolute atomic E-state index is 0.0247. The summed E-state index contributed by atoms with van der Waals surface area (Å²) in [5.41, 5.74) is 0.924. The molecular weight excluding hydrogens is 282 g/mol. The zero-order valence-electron chi connectivity index (χ0n) is 9.62. The molecule has 6 nitrogen and oxygen atoms in total. The molecule has 0 unspecified atom stereocenters. The largest absolute Gasteiger partial charge is 0.508 e. The van der Waals surface area contributed by atoms with E-state index in [1.165, 1.54) is 0 Å². The third-order valence-electron chi connectivity index (χ3n) is 1.53. The van der Waals surface area contributed by atoms with E-state index >= 15 is 0 Å². The van der Waals surface area contributed by atoms with Crippen molar-refractivity contribution in [1.82, 2.24) is 15.4 Å². The third-order valence-corrected chi connectivity index (χ3v) is 2.20. The van der Waals surface area contributed by atoms with Crippen molar-refractivity contribution in [2.24, 2.45) is 0 Å². The Morgan fingerprint density at radius 1 is 1.17 bits per heavy atom. The number of rotatable bonds is 2. The van der Waals surface area contributed by atoms with E-state index in [1.807, 2.05) is 25.1 Å². The van der Waals surface area contributed by atoms with Crippen LogP contribution in [0.2, 0.25) is 0 Å². The van der Waals surface area contributed by atoms with Gasteiger partial charge < -0.3 is 13.3 Å². The summed E-state index contributed by atoms with van der Waals surface area (Å²) in [7, 11) is 5.44. The minimum Gasteiger partial charge on any atom is -0.508 e. The zero-order valence-corrected chi connectivity index (χ0v) is 12.6. The highest BCUT2D eigenvalue weighted by atomic mass is 28.3. The highest BCUT2D eigenvalue weighted by molar-refractivity contribution is 6.33. The molecule has 0 aliphatic carbocycles. The monoisotopic (exact) mass is 293 g/mol. The van der Waals surface area contributed by atoms with Gasteiger partial charge in [-0.2, -0.15) is 15.4 Å². The van der Waals surface area contributed by atoms with Crippen LogP contribution in [0.25, 0.3) is 0 Å². The molecule has 1 aromatic heterocycles. The third kappa shape index (κ3) is 9.92. The molecule has 0 atom stereocenters. The normalized spacial score (nSPS) is 8.61. The van der Waals surface area contributed by atoms with Crippen molar-refractivity contribution in [1.29, 1.82) is 0 Å². The molecule has 8 radical (unpaired) electrons. The number of H-pyrrole nitrogens is 1. The second-order valence-electron chi connectivity index (χ2n) is 2.73. The van der Waals surface area contributed by atoms with Gasteiger partial charge in [0, 0.05) is 0 Å². The van der Waals surface area contributed by atoms with Crippen LogP contribution in [0.4, 0.5) is 0 Å². The van der Waals surface area contributed by atoms with Crippen molar-refractivity contribution in [2.45, 2.75) is 6.92 Å². The number of aromatic amines is 1. The van der Waals surface area contributed by atoms with E-state index in [0.717, 1.165) is 5.56 Å². The summed E-state index contributed by atoms with van der Waals surface area (Å²) >= 11 is 0. The Bertz CT molecular complexity index is 349. The van der Waals surface area contributed by atoms with Crippen molar-refractivity contribution in [3.05, 3.63) is 42.2 Å². The van der Waals surface area contributed by atoms with Crippen molar-refractivity contribution in [3.8, 4) is 5.75 Å². The van der Waals surface area contributed by atoms with Gasteiger partial charge in [-0.15, -0.1) is 0 Å². The molecule has 0 aliphatic rings. The minimum atomic E-state index is 0.0247. The van der Waals surface area contributed by atoms with E-state index < -0.39 is 0 Å². The quantitative estimate of drug-likeness (QED) is 0.775. The first-order valence-electron chi connectivity index (χ1n) is 4.66. The number of benzene rings is 1. The molecule has 0 aliphatic heterocycles. The predicted octanol–water partition coefficient (Wildman–Crippen LogP) is 0.226. The Morgan fingerprint density at radius 3 is 1.94 bits per heavy atom. The topological polar surface area (TPSA) is 80.3 Å². The molecule has 2 N–H and O–H groups in total. The summed E-state index contributed by atoms with van der Waals surface area (Å²) in [5.74, 6) is 0.368. The maximum Gasteiger partial charge on any atom is 0.409 e. The summed E-state index contributed by atoms with van der Waals surface area (Å²) in [6.07, 6.45) is 3.17. The second-order valence-corrected chi connectivity index (χ2v) is 4.53. The molecule has 0 amide bonds. The van der Waals surface area contributed by atoms with Gasteiger partial charge in [-0.3, -0.25) is 0 Å². The summed E-state index contributed by atoms with van der Waals surface area (Å²) in [6, 6.07) is 7.25. The number of hydrogen-bond donors (Lipinski definition) is 2. The standard InChI is InChI=1S/C7H8O.C2H3N3.O2Si3/c1-6-4-2-3-5-7(6)8;1-2-4-5-3-1;3-1-5-2-4/h2-5,8H,1H3;1-2H,(H,3,4,5);. The average Bonchev–Trinajstić information content (AvgIpc) is 2.94. The summed E-state index contributed by atoms with van der Waals surface area (Å²) in [6.45, 7) is 1.87. The Labute approximate surface area is 115 Å². The average molecular weight is 293 g/mol. The number of phenolic OH excluding ortho intramolecular Hbond substituents is 1. The lowest BCUT2D eigenvalue weighted by Gasteiger charge is -1.92. The maximum absolute atomic E-state index is 8.92. The van der Waals surface area contributed by atoms with E-state index in [1.54, 1.807) is 18.5 Å². The molecule has 0 spiro atoms. The van der Waals surface area contributed by atoms with Crippen LogP contribution in [0, 0.1) is 6.92 Å². The summed E-state index contributed by atoms with van der Waals surface area (Å²) in [4.78, 5) is 0. The van der Waals surface area contributed by atoms with Crippen LogP contribution in [0.5, 0.6) is 5.75 Å². The van der Waals surface area contributed by atoms with Crippen LogP contribution in [-0.4, -0.2) is 51.5 Å². The fraction of sp³-hybridized carbons (Fsp3) is 0.111. The van der Waals surface area contributed by atoms with Crippen LogP contribution in [0.1, 0.15) is 5.56 Å². The highest BCUT2D eigenvalue weighted by Gasteiger charge is 1.87. The van der Waals surface area contributed by atoms with Gasteiger partial charge >= 0.3 is 10.0 Å². The van der Waals surface area contributed by atoms with Gasteiger partial charge in [-0.1, -0.05) is 18.2 Å². The molecule has 1 aromatic carbocycles. The second kappa shape index (κ2) is 12.2. The number of aryl methyl sites for hydroxylation is 1. The first-order valence-corrected chi connectivity index (χ1v) is 6.30. The number of nitrogens with zero attached hydrogens (tertiary/aromatic N) is 2. The van der Waals surface area contributed by atoms with Crippen molar-refractivity contribution in [2.75, 3.05) is 0 Å². The SMILES string of the molecule is Cc1ccccc1O.[Si]O[Si]O[Si].c1cn[nH]n1. The van der Waals surface area contributed by atoms with Crippen LogP contribution in [-0.2, 0) is 8.23 Å². The molecule has 1 heterocycles. The number of nitrogens with one attached hydrogen (secondary N) is 1. The van der Waals surface area contributed by atoms with Crippen molar-refractivity contribution >= 4 is 31.0 Å². The Balaban J connectivity index is 0.000000254. The van der Waals surface area contributed by atoms with Crippen LogP contribution in [0.15, 0.2) is 36.7 Å². The lowest BCUT2D eigenvalue weighted by Crippen LogP contribution is -1.96. The van der Waals surface area contributed by atoms with E-state index in [2.05, 4.69) is 44.6 Å².